The SMILES string of the molecule is O=[N+]([O-])c1cc(S(=O)(=O)N2CCOCC2)ccc1NN=Cc1ccc(F)cc1F. The molecule has 0 atom stereocenters. The Balaban J connectivity index is 1.84. The standard InChI is InChI=1S/C17H16F2N4O5S/c18-13-2-1-12(15(19)9-13)11-20-21-16-4-3-14(10-17(16)23(24)25)29(26,27)22-5-7-28-8-6-22/h1-4,9-11,21H,5-8H2. The van der Waals surface area contributed by atoms with Gasteiger partial charge in [0.05, 0.1) is 29.2 Å². The fourth-order valence-corrected chi connectivity index (χ4v) is 4.06. The first-order valence-electron chi connectivity index (χ1n) is 8.39. The van der Waals surface area contributed by atoms with E-state index in [2.05, 4.69) is 10.5 Å². The molecule has 29 heavy (non-hydrogen) atoms. The number of hydrogen-bond donors (Lipinski definition) is 1. The maximum Gasteiger partial charge on any atom is 0.295 e. The monoisotopic (exact) mass is 426 g/mol. The molecule has 12 heteroatoms. The van der Waals surface area contributed by atoms with Gasteiger partial charge in [0.1, 0.15) is 17.3 Å². The number of hydrogen-bond acceptors (Lipinski definition) is 7. The number of morpholine rings is 1. The van der Waals surface area contributed by atoms with Gasteiger partial charge in [-0.25, -0.2) is 17.2 Å². The van der Waals surface area contributed by atoms with Crippen LogP contribution < -0.4 is 5.43 Å². The molecule has 3 rings (SSSR count). The molecular weight excluding hydrogens is 410 g/mol. The smallest absolute Gasteiger partial charge is 0.295 e. The van der Waals surface area contributed by atoms with Crippen molar-refractivity contribution >= 4 is 27.6 Å². The van der Waals surface area contributed by atoms with Crippen LogP contribution in [0.1, 0.15) is 5.56 Å². The van der Waals surface area contributed by atoms with Crippen molar-refractivity contribution in [3.63, 3.8) is 0 Å². The highest BCUT2D eigenvalue weighted by Gasteiger charge is 2.28. The van der Waals surface area contributed by atoms with Crippen LogP contribution >= 0.6 is 0 Å². The highest BCUT2D eigenvalue weighted by molar-refractivity contribution is 7.89. The van der Waals surface area contributed by atoms with Crippen LogP contribution in [0.5, 0.6) is 0 Å². The minimum Gasteiger partial charge on any atom is -0.379 e. The summed E-state index contributed by atoms with van der Waals surface area (Å²) in [4.78, 5) is 10.4. The number of nitrogens with one attached hydrogen (secondary N) is 1. The van der Waals surface area contributed by atoms with Crippen molar-refractivity contribution in [1.82, 2.24) is 4.31 Å². The molecule has 0 unspecified atom stereocenters. The van der Waals surface area contributed by atoms with Gasteiger partial charge in [-0.1, -0.05) is 0 Å². The van der Waals surface area contributed by atoms with Gasteiger partial charge in [0.25, 0.3) is 5.69 Å². The minimum atomic E-state index is -3.91. The summed E-state index contributed by atoms with van der Waals surface area (Å²) < 4.78 is 58.1. The van der Waals surface area contributed by atoms with Crippen molar-refractivity contribution in [2.75, 3.05) is 31.7 Å². The van der Waals surface area contributed by atoms with E-state index < -0.39 is 32.3 Å². The molecule has 2 aromatic carbocycles. The highest BCUT2D eigenvalue weighted by atomic mass is 32.2. The van der Waals surface area contributed by atoms with Crippen LogP contribution in [-0.4, -0.2) is 50.2 Å². The zero-order valence-electron chi connectivity index (χ0n) is 14.9. The Morgan fingerprint density at radius 1 is 1.17 bits per heavy atom. The summed E-state index contributed by atoms with van der Waals surface area (Å²) in [5, 5.41) is 15.1. The van der Waals surface area contributed by atoms with E-state index in [1.165, 1.54) is 16.4 Å². The third kappa shape index (κ3) is 4.72. The molecule has 1 heterocycles. The number of anilines is 1. The van der Waals surface area contributed by atoms with Gasteiger partial charge in [0.15, 0.2) is 0 Å². The summed E-state index contributed by atoms with van der Waals surface area (Å²) in [6, 6.07) is 6.22. The van der Waals surface area contributed by atoms with Crippen molar-refractivity contribution < 1.29 is 26.9 Å². The fourth-order valence-electron chi connectivity index (χ4n) is 2.63. The van der Waals surface area contributed by atoms with E-state index in [9.17, 15) is 27.3 Å². The Morgan fingerprint density at radius 2 is 1.90 bits per heavy atom. The third-order valence-corrected chi connectivity index (χ3v) is 6.02. The number of sulfonamides is 1. The Bertz CT molecular complexity index is 1060. The molecule has 1 aliphatic heterocycles. The molecule has 2 aromatic rings. The first-order chi connectivity index (χ1) is 13.8. The van der Waals surface area contributed by atoms with E-state index in [-0.39, 0.29) is 42.4 Å². The topological polar surface area (TPSA) is 114 Å². The molecule has 154 valence electrons. The van der Waals surface area contributed by atoms with E-state index in [0.29, 0.717) is 6.07 Å². The molecular formula is C17H16F2N4O5S. The molecule has 0 spiro atoms. The van der Waals surface area contributed by atoms with E-state index in [1.807, 2.05) is 0 Å². The van der Waals surface area contributed by atoms with Crippen molar-refractivity contribution in [2.24, 2.45) is 5.10 Å². The molecule has 0 aromatic heterocycles. The Labute approximate surface area is 164 Å². The molecule has 1 aliphatic rings. The van der Waals surface area contributed by atoms with Gasteiger partial charge in [-0.05, 0) is 24.3 Å². The lowest BCUT2D eigenvalue weighted by Gasteiger charge is -2.26. The lowest BCUT2D eigenvalue weighted by atomic mass is 10.2. The molecule has 0 bridgehead atoms. The van der Waals surface area contributed by atoms with Gasteiger partial charge in [-0.3, -0.25) is 15.5 Å². The fraction of sp³-hybridized carbons (Fsp3) is 0.235. The van der Waals surface area contributed by atoms with Gasteiger partial charge >= 0.3 is 0 Å². The number of ether oxygens (including phenoxy) is 1. The number of nitro benzene ring substituents is 1. The highest BCUT2D eigenvalue weighted by Crippen LogP contribution is 2.29. The lowest BCUT2D eigenvalue weighted by Crippen LogP contribution is -2.40. The Morgan fingerprint density at radius 3 is 2.55 bits per heavy atom. The summed E-state index contributed by atoms with van der Waals surface area (Å²) in [5.74, 6) is -1.60. The normalized spacial score (nSPS) is 15.5. The van der Waals surface area contributed by atoms with Crippen LogP contribution in [0.4, 0.5) is 20.2 Å². The molecule has 0 amide bonds. The van der Waals surface area contributed by atoms with E-state index in [0.717, 1.165) is 24.4 Å². The molecule has 1 fully saturated rings. The van der Waals surface area contributed by atoms with Crippen molar-refractivity contribution in [1.29, 1.82) is 0 Å². The van der Waals surface area contributed by atoms with Gasteiger partial charge in [-0.2, -0.15) is 9.41 Å². The van der Waals surface area contributed by atoms with Gasteiger partial charge in [0.2, 0.25) is 10.0 Å². The van der Waals surface area contributed by atoms with Gasteiger partial charge < -0.3 is 4.74 Å². The van der Waals surface area contributed by atoms with Gasteiger partial charge in [-0.15, -0.1) is 0 Å². The first-order valence-corrected chi connectivity index (χ1v) is 9.83. The molecule has 1 N–H and O–H groups in total. The number of nitrogens with zero attached hydrogens (tertiary/aromatic N) is 3. The van der Waals surface area contributed by atoms with Gasteiger partial charge in [0, 0.05) is 30.8 Å². The van der Waals surface area contributed by atoms with Crippen molar-refractivity contribution in [2.45, 2.75) is 4.90 Å². The van der Waals surface area contributed by atoms with Crippen LogP contribution in [0.2, 0.25) is 0 Å². The van der Waals surface area contributed by atoms with E-state index >= 15 is 0 Å². The average Bonchev–Trinajstić information content (AvgIpc) is 2.70. The third-order valence-electron chi connectivity index (χ3n) is 4.12. The first kappa shape index (κ1) is 20.8. The Hall–Kier alpha value is -2.96. The predicted octanol–water partition coefficient (Wildman–Crippen LogP) is 2.34. The number of rotatable bonds is 6. The molecule has 9 nitrogen and oxygen atoms in total. The van der Waals surface area contributed by atoms with E-state index in [1.54, 1.807) is 0 Å². The summed E-state index contributed by atoms with van der Waals surface area (Å²) in [5.41, 5.74) is 1.74. The second kappa shape index (κ2) is 8.59. The predicted molar refractivity (Wildman–Crippen MR) is 100 cm³/mol. The van der Waals surface area contributed by atoms with Crippen molar-refractivity contribution in [3.05, 3.63) is 63.7 Å². The molecule has 0 aliphatic carbocycles. The largest absolute Gasteiger partial charge is 0.379 e. The summed E-state index contributed by atoms with van der Waals surface area (Å²) in [7, 11) is -3.91. The van der Waals surface area contributed by atoms with Crippen LogP contribution in [0, 0.1) is 21.7 Å². The van der Waals surface area contributed by atoms with Crippen LogP contribution in [-0.2, 0) is 14.8 Å². The molecule has 0 radical (unpaired) electrons. The minimum absolute atomic E-state index is 0.0342. The molecule has 0 saturated carbocycles. The van der Waals surface area contributed by atoms with E-state index in [4.69, 9.17) is 4.74 Å². The van der Waals surface area contributed by atoms with Crippen LogP contribution in [0.15, 0.2) is 46.4 Å². The molecule has 1 saturated heterocycles. The maximum absolute atomic E-state index is 13.6. The zero-order valence-corrected chi connectivity index (χ0v) is 15.7. The quantitative estimate of drug-likeness (QED) is 0.431. The maximum atomic E-state index is 13.6. The number of nitro groups is 1. The average molecular weight is 426 g/mol. The lowest BCUT2D eigenvalue weighted by molar-refractivity contribution is -0.384. The second-order valence-corrected chi connectivity index (χ2v) is 7.93. The second-order valence-electron chi connectivity index (χ2n) is 5.99. The number of hydrazone groups is 1. The summed E-state index contributed by atoms with van der Waals surface area (Å²) >= 11 is 0. The number of benzene rings is 2. The zero-order chi connectivity index (χ0) is 21.0. The van der Waals surface area contributed by atoms with Crippen LogP contribution in [0.25, 0.3) is 0 Å². The summed E-state index contributed by atoms with van der Waals surface area (Å²) in [6.45, 7) is 0.804. The Kier molecular flexibility index (Phi) is 6.15. The van der Waals surface area contributed by atoms with Crippen molar-refractivity contribution in [3.8, 4) is 0 Å². The van der Waals surface area contributed by atoms with Crippen LogP contribution in [0.3, 0.4) is 0 Å². The number of halogens is 2. The summed E-state index contributed by atoms with van der Waals surface area (Å²) in [6.07, 6.45) is 1.02.